The zero-order valence-corrected chi connectivity index (χ0v) is 12.3. The van der Waals surface area contributed by atoms with E-state index in [9.17, 15) is 0 Å². The summed E-state index contributed by atoms with van der Waals surface area (Å²) in [7, 11) is 3.34. The molecule has 0 aliphatic carbocycles. The van der Waals surface area contributed by atoms with Gasteiger partial charge in [0.1, 0.15) is 5.75 Å². The highest BCUT2D eigenvalue weighted by molar-refractivity contribution is 5.62. The number of ether oxygens (including phenoxy) is 3. The van der Waals surface area contributed by atoms with Gasteiger partial charge in [-0.2, -0.15) is 0 Å². The van der Waals surface area contributed by atoms with Crippen molar-refractivity contribution in [2.24, 2.45) is 0 Å². The van der Waals surface area contributed by atoms with Gasteiger partial charge in [-0.1, -0.05) is 0 Å². The zero-order valence-electron chi connectivity index (χ0n) is 12.3. The van der Waals surface area contributed by atoms with E-state index in [2.05, 4.69) is 4.90 Å². The molecule has 2 N–H and O–H groups in total. The first-order chi connectivity index (χ1) is 9.74. The van der Waals surface area contributed by atoms with Crippen molar-refractivity contribution in [2.45, 2.75) is 18.9 Å². The highest BCUT2D eigenvalue weighted by atomic mass is 16.5. The molecule has 1 aliphatic rings. The number of nitrogen functional groups attached to an aromatic ring is 1. The van der Waals surface area contributed by atoms with Crippen molar-refractivity contribution < 1.29 is 14.2 Å². The predicted molar refractivity (Wildman–Crippen MR) is 80.5 cm³/mol. The largest absolute Gasteiger partial charge is 0.495 e. The van der Waals surface area contributed by atoms with E-state index in [-0.39, 0.29) is 0 Å². The van der Waals surface area contributed by atoms with E-state index in [1.54, 1.807) is 14.2 Å². The second-order valence-corrected chi connectivity index (χ2v) is 4.98. The van der Waals surface area contributed by atoms with Gasteiger partial charge in [-0.15, -0.1) is 0 Å². The van der Waals surface area contributed by atoms with E-state index in [1.807, 2.05) is 18.2 Å². The van der Waals surface area contributed by atoms with Gasteiger partial charge >= 0.3 is 0 Å². The Hall–Kier alpha value is -1.46. The Balaban J connectivity index is 1.87. The summed E-state index contributed by atoms with van der Waals surface area (Å²) in [5.41, 5.74) is 7.68. The number of hydrogen-bond donors (Lipinski definition) is 1. The second kappa shape index (κ2) is 7.36. The molecule has 112 valence electrons. The molecule has 0 aromatic heterocycles. The van der Waals surface area contributed by atoms with Gasteiger partial charge in [-0.05, 0) is 25.0 Å². The molecule has 1 fully saturated rings. The molecule has 1 aromatic rings. The minimum Gasteiger partial charge on any atom is -0.495 e. The molecule has 0 bridgehead atoms. The molecule has 1 aliphatic heterocycles. The van der Waals surface area contributed by atoms with E-state index < -0.39 is 0 Å². The maximum atomic E-state index is 5.84. The van der Waals surface area contributed by atoms with Crippen LogP contribution in [0.25, 0.3) is 0 Å². The molecule has 1 heterocycles. The highest BCUT2D eigenvalue weighted by Crippen LogP contribution is 2.29. The van der Waals surface area contributed by atoms with Crippen LogP contribution in [0.2, 0.25) is 0 Å². The van der Waals surface area contributed by atoms with Crippen molar-refractivity contribution in [1.29, 1.82) is 0 Å². The first-order valence-corrected chi connectivity index (χ1v) is 7.03. The molecule has 0 spiro atoms. The standard InChI is InChI=1S/C15H24N2O3/c1-18-9-10-20-13-5-7-17(8-6-13)12-3-4-14(16)15(11-12)19-2/h3-4,11,13H,5-10,16H2,1-2H3. The van der Waals surface area contributed by atoms with Crippen molar-refractivity contribution in [2.75, 3.05) is 51.2 Å². The summed E-state index contributed by atoms with van der Waals surface area (Å²) < 4.78 is 16.0. The Labute approximate surface area is 120 Å². The Bertz CT molecular complexity index is 418. The molecule has 0 unspecified atom stereocenters. The number of methoxy groups -OCH3 is 2. The van der Waals surface area contributed by atoms with E-state index in [4.69, 9.17) is 19.9 Å². The Morgan fingerprint density at radius 3 is 2.60 bits per heavy atom. The van der Waals surface area contributed by atoms with Crippen LogP contribution in [-0.2, 0) is 9.47 Å². The lowest BCUT2D eigenvalue weighted by Crippen LogP contribution is -2.37. The fraction of sp³-hybridized carbons (Fsp3) is 0.600. The van der Waals surface area contributed by atoms with Gasteiger partial charge in [-0.25, -0.2) is 0 Å². The Morgan fingerprint density at radius 2 is 1.95 bits per heavy atom. The molecule has 0 atom stereocenters. The maximum Gasteiger partial charge on any atom is 0.143 e. The monoisotopic (exact) mass is 280 g/mol. The van der Waals surface area contributed by atoms with Gasteiger partial charge < -0.3 is 24.8 Å². The van der Waals surface area contributed by atoms with E-state index in [1.165, 1.54) is 0 Å². The summed E-state index contributed by atoms with van der Waals surface area (Å²) >= 11 is 0. The molecule has 20 heavy (non-hydrogen) atoms. The van der Waals surface area contributed by atoms with Crippen LogP contribution in [0.4, 0.5) is 11.4 Å². The van der Waals surface area contributed by atoms with Crippen molar-refractivity contribution >= 4 is 11.4 Å². The van der Waals surface area contributed by atoms with Gasteiger partial charge in [0, 0.05) is 32.0 Å². The Kier molecular flexibility index (Phi) is 5.49. The molecule has 2 rings (SSSR count). The number of benzene rings is 1. The van der Waals surface area contributed by atoms with E-state index in [0.717, 1.165) is 37.4 Å². The fourth-order valence-electron chi connectivity index (χ4n) is 2.48. The first kappa shape index (κ1) is 14.9. The molecule has 5 nitrogen and oxygen atoms in total. The summed E-state index contributed by atoms with van der Waals surface area (Å²) in [4.78, 5) is 2.35. The molecule has 1 aromatic carbocycles. The molecule has 1 saturated heterocycles. The van der Waals surface area contributed by atoms with Crippen LogP contribution in [0.3, 0.4) is 0 Å². The van der Waals surface area contributed by atoms with Crippen LogP contribution in [0.1, 0.15) is 12.8 Å². The predicted octanol–water partition coefficient (Wildman–Crippen LogP) is 1.91. The minimum absolute atomic E-state index is 0.345. The van der Waals surface area contributed by atoms with Gasteiger partial charge in [0.25, 0.3) is 0 Å². The first-order valence-electron chi connectivity index (χ1n) is 7.03. The van der Waals surface area contributed by atoms with Crippen LogP contribution in [-0.4, -0.2) is 46.6 Å². The maximum absolute atomic E-state index is 5.84. The molecule has 0 saturated carbocycles. The smallest absolute Gasteiger partial charge is 0.143 e. The second-order valence-electron chi connectivity index (χ2n) is 4.98. The minimum atomic E-state index is 0.345. The topological polar surface area (TPSA) is 57.0 Å². The average Bonchev–Trinajstić information content (AvgIpc) is 2.49. The normalized spacial score (nSPS) is 16.4. The summed E-state index contributed by atoms with van der Waals surface area (Å²) in [6.45, 7) is 3.32. The van der Waals surface area contributed by atoms with Crippen LogP contribution in [0, 0.1) is 0 Å². The molecule has 5 heteroatoms. The van der Waals surface area contributed by atoms with Crippen LogP contribution < -0.4 is 15.4 Å². The lowest BCUT2D eigenvalue weighted by molar-refractivity contribution is 0.00610. The number of nitrogens with zero attached hydrogens (tertiary/aromatic N) is 1. The Morgan fingerprint density at radius 1 is 1.20 bits per heavy atom. The van der Waals surface area contributed by atoms with Gasteiger partial charge in [0.05, 0.1) is 32.1 Å². The van der Waals surface area contributed by atoms with Crippen molar-refractivity contribution in [3.05, 3.63) is 18.2 Å². The van der Waals surface area contributed by atoms with E-state index in [0.29, 0.717) is 25.0 Å². The summed E-state index contributed by atoms with van der Waals surface area (Å²) in [6.07, 6.45) is 2.42. The summed E-state index contributed by atoms with van der Waals surface area (Å²) in [5, 5.41) is 0. The van der Waals surface area contributed by atoms with Crippen molar-refractivity contribution in [1.82, 2.24) is 0 Å². The van der Waals surface area contributed by atoms with Gasteiger partial charge in [0.15, 0.2) is 0 Å². The third-order valence-corrected chi connectivity index (χ3v) is 3.67. The number of piperidine rings is 1. The number of hydrogen-bond acceptors (Lipinski definition) is 5. The highest BCUT2D eigenvalue weighted by Gasteiger charge is 2.20. The lowest BCUT2D eigenvalue weighted by atomic mass is 10.1. The number of nitrogens with two attached hydrogens (primary N) is 1. The quantitative estimate of drug-likeness (QED) is 0.637. The SMILES string of the molecule is COCCOC1CCN(c2ccc(N)c(OC)c2)CC1. The van der Waals surface area contributed by atoms with Crippen LogP contribution in [0.5, 0.6) is 5.75 Å². The molecule has 0 amide bonds. The average molecular weight is 280 g/mol. The zero-order chi connectivity index (χ0) is 14.4. The third-order valence-electron chi connectivity index (χ3n) is 3.67. The summed E-state index contributed by atoms with van der Waals surface area (Å²) in [5.74, 6) is 0.737. The molecular formula is C15H24N2O3. The van der Waals surface area contributed by atoms with E-state index >= 15 is 0 Å². The fourth-order valence-corrected chi connectivity index (χ4v) is 2.48. The van der Waals surface area contributed by atoms with Crippen LogP contribution in [0.15, 0.2) is 18.2 Å². The van der Waals surface area contributed by atoms with Crippen molar-refractivity contribution in [3.63, 3.8) is 0 Å². The van der Waals surface area contributed by atoms with Gasteiger partial charge in [0.2, 0.25) is 0 Å². The number of anilines is 2. The van der Waals surface area contributed by atoms with Crippen molar-refractivity contribution in [3.8, 4) is 5.75 Å². The summed E-state index contributed by atoms with van der Waals surface area (Å²) in [6, 6.07) is 5.95. The molecule has 0 radical (unpaired) electrons. The number of rotatable bonds is 6. The van der Waals surface area contributed by atoms with Crippen LogP contribution >= 0.6 is 0 Å². The lowest BCUT2D eigenvalue weighted by Gasteiger charge is -2.33. The molecular weight excluding hydrogens is 256 g/mol. The van der Waals surface area contributed by atoms with Gasteiger partial charge in [-0.3, -0.25) is 0 Å². The third kappa shape index (κ3) is 3.77.